The molecule has 2 heteroatoms. The van der Waals surface area contributed by atoms with Gasteiger partial charge >= 0.3 is 170 Å². The van der Waals surface area contributed by atoms with Gasteiger partial charge in [-0.2, -0.15) is 0 Å². The molecule has 0 aliphatic carbocycles. The van der Waals surface area contributed by atoms with Crippen LogP contribution in [-0.2, 0) is 10.8 Å². The molecular formula is C29H21FeN. The Bertz CT molecular complexity index is 2020. The van der Waals surface area contributed by atoms with E-state index in [-0.39, 0.29) is 0 Å². The van der Waals surface area contributed by atoms with Gasteiger partial charge in [-0.3, -0.25) is 0 Å². The van der Waals surface area contributed by atoms with Gasteiger partial charge in [-0.1, -0.05) is 0 Å². The number of pyridine rings is 1. The summed E-state index contributed by atoms with van der Waals surface area (Å²) in [5.41, 5.74) is 5.55. The van der Waals surface area contributed by atoms with E-state index < -0.39 is 6.51 Å². The average Bonchev–Trinajstić information content (AvgIpc) is 3.76. The van der Waals surface area contributed by atoms with Crippen LogP contribution in [0.5, 0.6) is 0 Å². The Morgan fingerprint density at radius 2 is 1.23 bits per heavy atom. The molecule has 0 N–H and O–H groups in total. The average molecular weight is 439 g/mol. The van der Waals surface area contributed by atoms with Crippen molar-refractivity contribution in [3.63, 3.8) is 0 Å². The van der Waals surface area contributed by atoms with Crippen molar-refractivity contribution in [2.75, 3.05) is 0 Å². The molecule has 1 nitrogen and oxygen atoms in total. The van der Waals surface area contributed by atoms with Gasteiger partial charge in [-0.25, -0.2) is 0 Å². The van der Waals surface area contributed by atoms with Crippen LogP contribution in [0.1, 0.15) is 5.69 Å². The second kappa shape index (κ2) is 1.66. The third-order valence-electron chi connectivity index (χ3n) is 18.9. The minimum atomic E-state index is -3.15. The first-order chi connectivity index (χ1) is 15.1. The molecule has 0 radical (unpaired) electrons. The van der Waals surface area contributed by atoms with Crippen molar-refractivity contribution >= 4 is 21.7 Å². The topological polar surface area (TPSA) is 12.9 Å². The van der Waals surface area contributed by atoms with E-state index in [4.69, 9.17) is 4.98 Å². The quantitative estimate of drug-likeness (QED) is 0.290. The number of aromatic nitrogens is 1. The normalized spacial score (nSPS) is 70.8. The van der Waals surface area contributed by atoms with Crippen LogP contribution in [0.4, 0.5) is 0 Å². The SMILES string of the molecule is c1ccc2c(-c3cccc4nc([C]56[CH]7[CH]8[CH]9[CH]5[Fe]89765%10%11%12[CH]6[CH]5[CH]%10[CH]%11[CH]6%12)ccc34)cccc2c1. The van der Waals surface area contributed by atoms with Gasteiger partial charge in [0.15, 0.2) is 0 Å². The number of nitrogens with zero attached hydrogens (tertiary/aromatic N) is 1. The summed E-state index contributed by atoms with van der Waals surface area (Å²) in [5, 5.41) is 4.01. The van der Waals surface area contributed by atoms with E-state index in [0.717, 1.165) is 4.31 Å². The molecule has 0 amide bonds. The Morgan fingerprint density at radius 1 is 0.581 bits per heavy atom. The fourth-order valence-electron chi connectivity index (χ4n) is 20.0. The van der Waals surface area contributed by atoms with Gasteiger partial charge in [0.1, 0.15) is 0 Å². The number of benzene rings is 3. The van der Waals surface area contributed by atoms with Gasteiger partial charge in [0.05, 0.1) is 0 Å². The van der Waals surface area contributed by atoms with E-state index in [1.807, 2.05) is 0 Å². The van der Waals surface area contributed by atoms with E-state index in [1.165, 1.54) is 76.1 Å². The van der Waals surface area contributed by atoms with Crippen LogP contribution in [0.2, 0.25) is 43.3 Å². The molecule has 10 aliphatic rings. The van der Waals surface area contributed by atoms with Gasteiger partial charge in [0.2, 0.25) is 0 Å². The molecule has 4 atom stereocenters. The van der Waals surface area contributed by atoms with Crippen LogP contribution in [0, 0.1) is 0 Å². The molecule has 11 heterocycles. The van der Waals surface area contributed by atoms with Crippen LogP contribution in [0.15, 0.2) is 72.8 Å². The molecule has 1 aromatic heterocycles. The number of hydrogen-bond donors (Lipinski definition) is 0. The molecule has 31 heavy (non-hydrogen) atoms. The summed E-state index contributed by atoms with van der Waals surface area (Å²) >= 11 is 0. The molecular weight excluding hydrogens is 418 g/mol. The van der Waals surface area contributed by atoms with E-state index in [2.05, 4.69) is 72.8 Å². The van der Waals surface area contributed by atoms with Crippen molar-refractivity contribution in [3.8, 4) is 11.1 Å². The second-order valence-electron chi connectivity index (χ2n) is 14.8. The number of fused-ring (bicyclic) bond motifs is 12. The summed E-state index contributed by atoms with van der Waals surface area (Å²) in [6.45, 7) is -3.15. The van der Waals surface area contributed by atoms with Crippen LogP contribution < -0.4 is 0 Å². The third-order valence-corrected chi connectivity index (χ3v) is 61.2. The summed E-state index contributed by atoms with van der Waals surface area (Å²) < 4.78 is 0.753. The molecule has 14 rings (SSSR count). The fourth-order valence-corrected chi connectivity index (χ4v) is 93.9. The summed E-state index contributed by atoms with van der Waals surface area (Å²) in [7, 11) is 0. The summed E-state index contributed by atoms with van der Waals surface area (Å²) in [6, 6.07) is 27.4. The monoisotopic (exact) mass is 439 g/mol. The molecule has 10 saturated heterocycles. The molecule has 1 spiro atoms. The van der Waals surface area contributed by atoms with E-state index in [9.17, 15) is 0 Å². The molecule has 0 bridgehead atoms. The molecule has 4 aromatic rings. The zero-order valence-corrected chi connectivity index (χ0v) is 18.0. The fraction of sp³-hybridized carbons (Fsp3) is 0.345. The van der Waals surface area contributed by atoms with Crippen molar-refractivity contribution in [1.82, 2.24) is 4.98 Å². The van der Waals surface area contributed by atoms with E-state index in [0.29, 0.717) is 0 Å². The van der Waals surface area contributed by atoms with Gasteiger partial charge in [-0.05, 0) is 0 Å². The Kier molecular flexibility index (Phi) is 0.686. The van der Waals surface area contributed by atoms with E-state index >= 15 is 0 Å². The van der Waals surface area contributed by atoms with Crippen LogP contribution in [-0.4, -0.2) is 4.98 Å². The molecule has 10 aliphatic heterocycles. The molecule has 3 aromatic carbocycles. The summed E-state index contributed by atoms with van der Waals surface area (Å²) in [5.74, 6) is 0. The van der Waals surface area contributed by atoms with Crippen molar-refractivity contribution in [1.29, 1.82) is 0 Å². The van der Waals surface area contributed by atoms with Gasteiger partial charge < -0.3 is 0 Å². The van der Waals surface area contributed by atoms with Gasteiger partial charge in [0, 0.05) is 0 Å². The summed E-state index contributed by atoms with van der Waals surface area (Å²) in [4.78, 5) is 17.7. The van der Waals surface area contributed by atoms with Crippen LogP contribution in [0.25, 0.3) is 32.8 Å². The molecule has 10 fully saturated rings. The first-order valence-corrected chi connectivity index (χ1v) is 18.5. The summed E-state index contributed by atoms with van der Waals surface area (Å²) in [6.07, 6.45) is 0. The maximum atomic E-state index is 5.57. The first kappa shape index (κ1) is 12.8. The zero-order chi connectivity index (χ0) is 19.2. The Balaban J connectivity index is 1.08. The Hall–Kier alpha value is -2.15. The predicted molar refractivity (Wildman–Crippen MR) is 120 cm³/mol. The van der Waals surface area contributed by atoms with Crippen LogP contribution in [0.3, 0.4) is 0 Å². The van der Waals surface area contributed by atoms with Crippen LogP contribution >= 0.6 is 0 Å². The number of hydrogen-bond acceptors (Lipinski definition) is 1. The van der Waals surface area contributed by atoms with Crippen molar-refractivity contribution in [2.45, 2.75) is 47.7 Å². The second-order valence-corrected chi connectivity index (χ2v) is 38.3. The zero-order valence-electron chi connectivity index (χ0n) is 16.9. The third kappa shape index (κ3) is 0.265. The first-order valence-electron chi connectivity index (χ1n) is 12.2. The van der Waals surface area contributed by atoms with Crippen molar-refractivity contribution < 1.29 is 6.51 Å². The number of rotatable bonds is 2. The molecule has 150 valence electrons. The van der Waals surface area contributed by atoms with Gasteiger partial charge in [0.25, 0.3) is 0 Å². The Morgan fingerprint density at radius 3 is 1.90 bits per heavy atom. The predicted octanol–water partition coefficient (Wildman–Crippen LogP) is 7.85. The Labute approximate surface area is 170 Å². The van der Waals surface area contributed by atoms with Crippen molar-refractivity contribution in [2.24, 2.45) is 0 Å². The van der Waals surface area contributed by atoms with Crippen molar-refractivity contribution in [3.05, 3.63) is 78.5 Å². The van der Waals surface area contributed by atoms with E-state index in [1.54, 1.807) is 5.69 Å². The van der Waals surface area contributed by atoms with Gasteiger partial charge in [-0.15, -0.1) is 0 Å². The standard InChI is InChI=1S/C24H16N.C5H5.Fe/c1-2-9-18(8-1)23-16-15-22-21(13-6-14-24(22)25-23)20-12-5-10-17-7-3-4-11-19(17)20;1-2-4-5-3-1;/h1-16H;1-5H;. The molecule has 4 unspecified atom stereocenters. The maximum absolute atomic E-state index is 5.57. The minimum absolute atomic E-state index is 0.753. The molecule has 0 saturated carbocycles.